The molecule has 2 rings (SSSR count). The molecule has 7 heteroatoms. The van der Waals surface area contributed by atoms with Crippen LogP contribution in [-0.4, -0.2) is 10.8 Å². The Balaban J connectivity index is 2.15. The zero-order valence-electron chi connectivity index (χ0n) is 10.6. The maximum absolute atomic E-state index is 12.0. The largest absolute Gasteiger partial charge is 0.348 e. The smallest absolute Gasteiger partial charge is 0.270 e. The monoisotopic (exact) mass is 310 g/mol. The number of carbonyl (C=O) groups is 1. The van der Waals surface area contributed by atoms with Crippen LogP contribution in [0.5, 0.6) is 0 Å². The van der Waals surface area contributed by atoms with Crippen LogP contribution in [0.2, 0.25) is 5.02 Å². The van der Waals surface area contributed by atoms with Crippen LogP contribution in [0.4, 0.5) is 5.69 Å². The molecular formula is C13H11ClN2O3S. The van der Waals surface area contributed by atoms with Gasteiger partial charge in [0.25, 0.3) is 11.6 Å². The highest BCUT2D eigenvalue weighted by atomic mass is 35.5. The first kappa shape index (κ1) is 14.5. The molecule has 0 aliphatic carbocycles. The number of aryl methyl sites for hydroxylation is 1. The molecule has 1 aromatic heterocycles. The molecule has 0 aliphatic rings. The van der Waals surface area contributed by atoms with Crippen molar-refractivity contribution in [1.29, 1.82) is 0 Å². The van der Waals surface area contributed by atoms with E-state index in [4.69, 9.17) is 11.6 Å². The molecule has 1 amide bonds. The van der Waals surface area contributed by atoms with Crippen LogP contribution in [0.25, 0.3) is 0 Å². The number of hydrogen-bond acceptors (Lipinski definition) is 4. The van der Waals surface area contributed by atoms with Crippen LogP contribution < -0.4 is 5.32 Å². The van der Waals surface area contributed by atoms with E-state index in [0.717, 1.165) is 11.1 Å². The van der Waals surface area contributed by atoms with Crippen molar-refractivity contribution >= 4 is 34.5 Å². The summed E-state index contributed by atoms with van der Waals surface area (Å²) < 4.78 is 0. The van der Waals surface area contributed by atoms with Gasteiger partial charge in [-0.2, -0.15) is 11.3 Å². The van der Waals surface area contributed by atoms with Crippen molar-refractivity contribution in [3.8, 4) is 0 Å². The van der Waals surface area contributed by atoms with E-state index in [1.807, 2.05) is 17.7 Å². The first-order chi connectivity index (χ1) is 9.49. The molecule has 0 unspecified atom stereocenters. The molecule has 0 bridgehead atoms. The molecule has 0 radical (unpaired) electrons. The van der Waals surface area contributed by atoms with Crippen molar-refractivity contribution < 1.29 is 9.72 Å². The third-order valence-electron chi connectivity index (χ3n) is 2.81. The molecule has 0 saturated heterocycles. The van der Waals surface area contributed by atoms with Gasteiger partial charge in [0.15, 0.2) is 0 Å². The van der Waals surface area contributed by atoms with Gasteiger partial charge < -0.3 is 5.32 Å². The molecule has 0 spiro atoms. The Kier molecular flexibility index (Phi) is 4.36. The van der Waals surface area contributed by atoms with E-state index in [-0.39, 0.29) is 16.3 Å². The van der Waals surface area contributed by atoms with Gasteiger partial charge in [-0.25, -0.2) is 0 Å². The fraction of sp³-hybridized carbons (Fsp3) is 0.154. The minimum Gasteiger partial charge on any atom is -0.348 e. The van der Waals surface area contributed by atoms with Crippen molar-refractivity contribution in [1.82, 2.24) is 5.32 Å². The molecule has 20 heavy (non-hydrogen) atoms. The molecule has 1 heterocycles. The standard InChI is InChI=1S/C13H11ClN2O3S/c1-8-6-20-7-9(8)5-15-13(17)11-4-10(16(18)19)2-3-12(11)14/h2-4,6-7H,5H2,1H3,(H,15,17). The number of rotatable bonds is 4. The van der Waals surface area contributed by atoms with Crippen molar-refractivity contribution in [2.24, 2.45) is 0 Å². The summed E-state index contributed by atoms with van der Waals surface area (Å²) in [5.41, 5.74) is 2.06. The average Bonchev–Trinajstić information content (AvgIpc) is 2.81. The van der Waals surface area contributed by atoms with Gasteiger partial charge in [-0.1, -0.05) is 11.6 Å². The number of thiophene rings is 1. The molecule has 0 aliphatic heterocycles. The molecule has 0 fully saturated rings. The van der Waals surface area contributed by atoms with Crippen LogP contribution in [-0.2, 0) is 6.54 Å². The molecule has 104 valence electrons. The van der Waals surface area contributed by atoms with Crippen LogP contribution in [0, 0.1) is 17.0 Å². The molecule has 1 N–H and O–H groups in total. The summed E-state index contributed by atoms with van der Waals surface area (Å²) in [5.74, 6) is -0.427. The second-order valence-electron chi connectivity index (χ2n) is 4.18. The topological polar surface area (TPSA) is 72.2 Å². The van der Waals surface area contributed by atoms with Crippen LogP contribution in [0.15, 0.2) is 29.0 Å². The summed E-state index contributed by atoms with van der Waals surface area (Å²) in [6, 6.07) is 3.80. The summed E-state index contributed by atoms with van der Waals surface area (Å²) in [6.07, 6.45) is 0. The number of nitrogens with one attached hydrogen (secondary N) is 1. The van der Waals surface area contributed by atoms with Gasteiger partial charge in [0.05, 0.1) is 15.5 Å². The van der Waals surface area contributed by atoms with Gasteiger partial charge in [0.2, 0.25) is 0 Å². The number of amides is 1. The van der Waals surface area contributed by atoms with Gasteiger partial charge in [-0.05, 0) is 34.9 Å². The number of nitrogens with zero attached hydrogens (tertiary/aromatic N) is 1. The summed E-state index contributed by atoms with van der Waals surface area (Å²) in [5, 5.41) is 17.5. The maximum atomic E-state index is 12.0. The predicted octanol–water partition coefficient (Wildman–Crippen LogP) is 3.55. The highest BCUT2D eigenvalue weighted by Crippen LogP contribution is 2.22. The van der Waals surface area contributed by atoms with Crippen LogP contribution >= 0.6 is 22.9 Å². The summed E-state index contributed by atoms with van der Waals surface area (Å²) in [7, 11) is 0. The lowest BCUT2D eigenvalue weighted by molar-refractivity contribution is -0.384. The zero-order valence-corrected chi connectivity index (χ0v) is 12.1. The predicted molar refractivity (Wildman–Crippen MR) is 78.3 cm³/mol. The number of nitro groups is 1. The number of carbonyl (C=O) groups excluding carboxylic acids is 1. The van der Waals surface area contributed by atoms with E-state index >= 15 is 0 Å². The summed E-state index contributed by atoms with van der Waals surface area (Å²) in [6.45, 7) is 2.32. The number of non-ortho nitro benzene ring substituents is 1. The second-order valence-corrected chi connectivity index (χ2v) is 5.33. The SMILES string of the molecule is Cc1cscc1CNC(=O)c1cc([N+](=O)[O-])ccc1Cl. The molecule has 2 aromatic rings. The summed E-state index contributed by atoms with van der Waals surface area (Å²) >= 11 is 7.46. The van der Waals surface area contributed by atoms with Gasteiger partial charge in [0.1, 0.15) is 0 Å². The van der Waals surface area contributed by atoms with Crippen molar-refractivity contribution in [3.63, 3.8) is 0 Å². The summed E-state index contributed by atoms with van der Waals surface area (Å²) in [4.78, 5) is 22.2. The normalized spacial score (nSPS) is 10.3. The van der Waals surface area contributed by atoms with E-state index < -0.39 is 10.8 Å². The first-order valence-electron chi connectivity index (χ1n) is 5.73. The third-order valence-corrected chi connectivity index (χ3v) is 4.05. The van der Waals surface area contributed by atoms with Crippen molar-refractivity contribution in [2.45, 2.75) is 13.5 Å². The molecule has 0 saturated carbocycles. The highest BCUT2D eigenvalue weighted by molar-refractivity contribution is 7.08. The minimum atomic E-state index is -0.559. The van der Waals surface area contributed by atoms with Crippen molar-refractivity contribution in [3.05, 3.63) is 60.8 Å². The van der Waals surface area contributed by atoms with Gasteiger partial charge in [0, 0.05) is 18.7 Å². The Morgan fingerprint density at radius 3 is 2.80 bits per heavy atom. The van der Waals surface area contributed by atoms with E-state index in [2.05, 4.69) is 5.32 Å². The Labute approximate surface area is 124 Å². The fourth-order valence-corrected chi connectivity index (χ4v) is 2.70. The number of benzene rings is 1. The highest BCUT2D eigenvalue weighted by Gasteiger charge is 2.15. The Morgan fingerprint density at radius 2 is 2.20 bits per heavy atom. The van der Waals surface area contributed by atoms with E-state index in [1.54, 1.807) is 11.3 Å². The Morgan fingerprint density at radius 1 is 1.45 bits per heavy atom. The minimum absolute atomic E-state index is 0.105. The van der Waals surface area contributed by atoms with Crippen LogP contribution in [0.1, 0.15) is 21.5 Å². The first-order valence-corrected chi connectivity index (χ1v) is 7.05. The zero-order chi connectivity index (χ0) is 14.7. The third kappa shape index (κ3) is 3.15. The molecule has 1 aromatic carbocycles. The number of hydrogen-bond donors (Lipinski definition) is 1. The van der Waals surface area contributed by atoms with E-state index in [9.17, 15) is 14.9 Å². The molecule has 5 nitrogen and oxygen atoms in total. The second kappa shape index (κ2) is 6.02. The van der Waals surface area contributed by atoms with Crippen LogP contribution in [0.3, 0.4) is 0 Å². The lowest BCUT2D eigenvalue weighted by Crippen LogP contribution is -2.23. The quantitative estimate of drug-likeness (QED) is 0.693. The fourth-order valence-electron chi connectivity index (χ4n) is 1.64. The Bertz CT molecular complexity index is 669. The number of nitro benzene ring substituents is 1. The van der Waals surface area contributed by atoms with E-state index in [0.29, 0.717) is 6.54 Å². The lowest BCUT2D eigenvalue weighted by atomic mass is 10.1. The Hall–Kier alpha value is -1.92. The van der Waals surface area contributed by atoms with E-state index in [1.165, 1.54) is 18.2 Å². The number of halogens is 1. The molecular weight excluding hydrogens is 300 g/mol. The lowest BCUT2D eigenvalue weighted by Gasteiger charge is -2.06. The van der Waals surface area contributed by atoms with Gasteiger partial charge in [-0.3, -0.25) is 14.9 Å². The molecule has 0 atom stereocenters. The maximum Gasteiger partial charge on any atom is 0.270 e. The van der Waals surface area contributed by atoms with Crippen molar-refractivity contribution in [2.75, 3.05) is 0 Å². The van der Waals surface area contributed by atoms with Gasteiger partial charge in [-0.15, -0.1) is 0 Å². The van der Waals surface area contributed by atoms with Gasteiger partial charge >= 0.3 is 0 Å². The average molecular weight is 311 g/mol.